The smallest absolute Gasteiger partial charge is 0.0681 e. The van der Waals surface area contributed by atoms with Crippen LogP contribution in [-0.2, 0) is 0 Å². The Bertz CT molecular complexity index is 188. The van der Waals surface area contributed by atoms with Gasteiger partial charge >= 0.3 is 0 Å². The average molecular weight is 168 g/mol. The van der Waals surface area contributed by atoms with Gasteiger partial charge in [-0.25, -0.2) is 0 Å². The van der Waals surface area contributed by atoms with Crippen molar-refractivity contribution in [1.29, 1.82) is 0 Å². The van der Waals surface area contributed by atoms with Crippen molar-refractivity contribution in [2.75, 3.05) is 0 Å². The van der Waals surface area contributed by atoms with Gasteiger partial charge in [0, 0.05) is 5.41 Å². The van der Waals surface area contributed by atoms with Gasteiger partial charge in [-0.15, -0.1) is 0 Å². The van der Waals surface area contributed by atoms with Gasteiger partial charge in [-0.05, 0) is 33.1 Å². The quantitative estimate of drug-likeness (QED) is 0.597. The molecule has 0 bridgehead atoms. The minimum absolute atomic E-state index is 0.0642. The highest BCUT2D eigenvalue weighted by Crippen LogP contribution is 2.47. The topological polar surface area (TPSA) is 20.2 Å². The van der Waals surface area contributed by atoms with Crippen LogP contribution >= 0.6 is 0 Å². The van der Waals surface area contributed by atoms with Crippen LogP contribution in [0.2, 0.25) is 0 Å². The number of hydrogen-bond acceptors (Lipinski definition) is 1. The predicted octanol–water partition coefficient (Wildman–Crippen LogP) is 2.89. The van der Waals surface area contributed by atoms with Crippen molar-refractivity contribution in [1.82, 2.24) is 0 Å². The summed E-state index contributed by atoms with van der Waals surface area (Å²) < 4.78 is 0. The van der Waals surface area contributed by atoms with Crippen molar-refractivity contribution < 1.29 is 5.11 Å². The molecule has 1 saturated carbocycles. The zero-order chi connectivity index (χ0) is 9.41. The van der Waals surface area contributed by atoms with E-state index in [9.17, 15) is 5.11 Å². The monoisotopic (exact) mass is 168 g/mol. The summed E-state index contributed by atoms with van der Waals surface area (Å²) >= 11 is 0. The lowest BCUT2D eigenvalue weighted by atomic mass is 9.63. The molecule has 1 heteroatoms. The summed E-state index contributed by atoms with van der Waals surface area (Å²) in [6, 6.07) is 0. The largest absolute Gasteiger partial charge is 0.390 e. The lowest BCUT2D eigenvalue weighted by Gasteiger charge is -2.45. The Labute approximate surface area is 75.5 Å². The molecule has 1 nitrogen and oxygen atoms in total. The maximum absolute atomic E-state index is 10.0. The van der Waals surface area contributed by atoms with E-state index in [4.69, 9.17) is 0 Å². The van der Waals surface area contributed by atoms with Crippen molar-refractivity contribution in [2.45, 2.75) is 52.1 Å². The first-order valence-corrected chi connectivity index (χ1v) is 4.78. The molecule has 0 aromatic heterocycles. The molecule has 70 valence electrons. The molecule has 1 rings (SSSR count). The molecule has 0 saturated heterocycles. The van der Waals surface area contributed by atoms with E-state index in [1.165, 1.54) is 18.4 Å². The Kier molecular flexibility index (Phi) is 2.35. The van der Waals surface area contributed by atoms with Crippen molar-refractivity contribution >= 4 is 0 Å². The summed E-state index contributed by atoms with van der Waals surface area (Å²) in [6.07, 6.45) is 4.62. The second-order valence-corrected chi connectivity index (χ2v) is 4.70. The van der Waals surface area contributed by atoms with E-state index in [0.29, 0.717) is 0 Å². The molecule has 0 aromatic carbocycles. The fourth-order valence-corrected chi connectivity index (χ4v) is 2.01. The van der Waals surface area contributed by atoms with Gasteiger partial charge in [0.1, 0.15) is 0 Å². The molecule has 0 aromatic rings. The lowest BCUT2D eigenvalue weighted by Crippen LogP contribution is -2.43. The van der Waals surface area contributed by atoms with Gasteiger partial charge in [-0.2, -0.15) is 0 Å². The fourth-order valence-electron chi connectivity index (χ4n) is 2.01. The molecule has 0 spiro atoms. The third kappa shape index (κ3) is 1.42. The van der Waals surface area contributed by atoms with E-state index in [1.807, 2.05) is 13.8 Å². The second kappa shape index (κ2) is 2.88. The van der Waals surface area contributed by atoms with Crippen LogP contribution < -0.4 is 0 Å². The lowest BCUT2D eigenvalue weighted by molar-refractivity contribution is -0.0362. The first-order valence-electron chi connectivity index (χ1n) is 4.78. The minimum Gasteiger partial charge on any atom is -0.390 e. The van der Waals surface area contributed by atoms with Gasteiger partial charge in [0.2, 0.25) is 0 Å². The highest BCUT2D eigenvalue weighted by atomic mass is 16.3. The Morgan fingerprint density at radius 1 is 1.42 bits per heavy atom. The highest BCUT2D eigenvalue weighted by Gasteiger charge is 2.42. The standard InChI is InChI=1S/C11H20O/c1-9-7-5-6-8-11(9,4)10(2,3)12/h12H,1,5-8H2,2-4H3. The van der Waals surface area contributed by atoms with E-state index in [-0.39, 0.29) is 5.41 Å². The highest BCUT2D eigenvalue weighted by molar-refractivity contribution is 5.16. The molecule has 0 heterocycles. The zero-order valence-corrected chi connectivity index (χ0v) is 8.48. The molecule has 1 unspecified atom stereocenters. The van der Waals surface area contributed by atoms with Gasteiger partial charge in [0.05, 0.1) is 5.60 Å². The van der Waals surface area contributed by atoms with E-state index in [2.05, 4.69) is 13.5 Å². The average Bonchev–Trinajstić information content (AvgIpc) is 1.93. The molecule has 1 atom stereocenters. The van der Waals surface area contributed by atoms with Crippen LogP contribution in [0, 0.1) is 5.41 Å². The van der Waals surface area contributed by atoms with E-state index in [1.54, 1.807) is 0 Å². The summed E-state index contributed by atoms with van der Waals surface area (Å²) in [5.41, 5.74) is 0.539. The first-order chi connectivity index (χ1) is 5.38. The maximum atomic E-state index is 10.0. The van der Waals surface area contributed by atoms with Crippen molar-refractivity contribution in [3.05, 3.63) is 12.2 Å². The Hall–Kier alpha value is -0.300. The summed E-state index contributed by atoms with van der Waals surface area (Å²) in [4.78, 5) is 0. The van der Waals surface area contributed by atoms with Crippen LogP contribution in [0.25, 0.3) is 0 Å². The molecule has 1 aliphatic carbocycles. The molecule has 1 N–H and O–H groups in total. The first kappa shape index (κ1) is 9.79. The Balaban J connectivity index is 2.87. The normalized spacial score (nSPS) is 32.2. The Morgan fingerprint density at radius 2 is 2.00 bits per heavy atom. The fraction of sp³-hybridized carbons (Fsp3) is 0.818. The summed E-state index contributed by atoms with van der Waals surface area (Å²) in [5, 5.41) is 10.0. The van der Waals surface area contributed by atoms with Crippen LogP contribution in [0.5, 0.6) is 0 Å². The third-order valence-corrected chi connectivity index (χ3v) is 3.54. The van der Waals surface area contributed by atoms with E-state index in [0.717, 1.165) is 12.8 Å². The van der Waals surface area contributed by atoms with Crippen LogP contribution in [0.3, 0.4) is 0 Å². The molecule has 0 amide bonds. The van der Waals surface area contributed by atoms with Crippen LogP contribution in [0.4, 0.5) is 0 Å². The zero-order valence-electron chi connectivity index (χ0n) is 8.48. The van der Waals surface area contributed by atoms with Gasteiger partial charge in [0.25, 0.3) is 0 Å². The summed E-state index contributed by atoms with van der Waals surface area (Å²) in [6.45, 7) is 9.99. The van der Waals surface area contributed by atoms with Crippen LogP contribution in [0.1, 0.15) is 46.5 Å². The number of rotatable bonds is 1. The molecule has 0 aliphatic heterocycles. The molecular formula is C11H20O. The minimum atomic E-state index is -0.621. The number of hydrogen-bond donors (Lipinski definition) is 1. The summed E-state index contributed by atoms with van der Waals surface area (Å²) in [7, 11) is 0. The molecule has 1 fully saturated rings. The Morgan fingerprint density at radius 3 is 2.33 bits per heavy atom. The maximum Gasteiger partial charge on any atom is 0.0681 e. The SMILES string of the molecule is C=C1CCCCC1(C)C(C)(C)O. The van der Waals surface area contributed by atoms with Gasteiger partial charge in [-0.1, -0.05) is 25.5 Å². The van der Waals surface area contributed by atoms with Crippen molar-refractivity contribution in [2.24, 2.45) is 5.41 Å². The third-order valence-electron chi connectivity index (χ3n) is 3.54. The molecular weight excluding hydrogens is 148 g/mol. The van der Waals surface area contributed by atoms with Gasteiger partial charge in [0.15, 0.2) is 0 Å². The van der Waals surface area contributed by atoms with Gasteiger partial charge < -0.3 is 5.11 Å². The van der Waals surface area contributed by atoms with Gasteiger partial charge in [-0.3, -0.25) is 0 Å². The van der Waals surface area contributed by atoms with Crippen molar-refractivity contribution in [3.63, 3.8) is 0 Å². The summed E-state index contributed by atoms with van der Waals surface area (Å²) in [5.74, 6) is 0. The molecule has 0 radical (unpaired) electrons. The van der Waals surface area contributed by atoms with Crippen molar-refractivity contribution in [3.8, 4) is 0 Å². The molecule has 1 aliphatic rings. The van der Waals surface area contributed by atoms with Crippen LogP contribution in [0.15, 0.2) is 12.2 Å². The van der Waals surface area contributed by atoms with Crippen LogP contribution in [-0.4, -0.2) is 10.7 Å². The van der Waals surface area contributed by atoms with E-state index < -0.39 is 5.60 Å². The second-order valence-electron chi connectivity index (χ2n) is 4.70. The van der Waals surface area contributed by atoms with E-state index >= 15 is 0 Å². The molecule has 12 heavy (non-hydrogen) atoms. The number of aliphatic hydroxyl groups is 1. The predicted molar refractivity (Wildman–Crippen MR) is 52.0 cm³/mol.